The summed E-state index contributed by atoms with van der Waals surface area (Å²) in [6.45, 7) is 5.31. The highest BCUT2D eigenvalue weighted by Crippen LogP contribution is 2.33. The molecule has 0 atom stereocenters. The lowest BCUT2D eigenvalue weighted by atomic mass is 10.2. The summed E-state index contributed by atoms with van der Waals surface area (Å²) in [7, 11) is 0. The van der Waals surface area contributed by atoms with Crippen molar-refractivity contribution in [1.82, 2.24) is 14.8 Å². The number of carbonyl (C=O) groups is 2. The maximum absolute atomic E-state index is 12.9. The number of para-hydroxylation sites is 1. The Morgan fingerprint density at radius 3 is 2.57 bits per heavy atom. The van der Waals surface area contributed by atoms with E-state index in [1.807, 2.05) is 11.0 Å². The van der Waals surface area contributed by atoms with Crippen LogP contribution in [0.1, 0.15) is 23.4 Å². The Hall–Kier alpha value is -2.45. The van der Waals surface area contributed by atoms with Crippen LogP contribution >= 0.6 is 11.3 Å². The fourth-order valence-corrected chi connectivity index (χ4v) is 5.19. The maximum atomic E-state index is 12.9. The molecule has 2 amide bonds. The molecule has 1 saturated carbocycles. The second-order valence-electron chi connectivity index (χ2n) is 8.32. The number of piperazine rings is 1. The Labute approximate surface area is 180 Å². The molecule has 2 fully saturated rings. The molecular weight excluding hydrogens is 398 g/mol. The number of nitrogens with one attached hydrogen (secondary N) is 1. The average molecular weight is 426 g/mol. The van der Waals surface area contributed by atoms with Crippen LogP contribution in [0, 0.1) is 5.92 Å². The minimum Gasteiger partial charge on any atom is -0.368 e. The van der Waals surface area contributed by atoms with E-state index in [0.717, 1.165) is 64.2 Å². The van der Waals surface area contributed by atoms with Gasteiger partial charge in [0.2, 0.25) is 11.8 Å². The highest BCUT2D eigenvalue weighted by atomic mass is 32.1. The van der Waals surface area contributed by atoms with Gasteiger partial charge in [0.1, 0.15) is 0 Å². The first kappa shape index (κ1) is 19.5. The lowest BCUT2D eigenvalue weighted by Gasteiger charge is -2.37. The molecule has 30 heavy (non-hydrogen) atoms. The second kappa shape index (κ2) is 8.35. The minimum atomic E-state index is 0.0998. The van der Waals surface area contributed by atoms with E-state index in [4.69, 9.17) is 0 Å². The first-order chi connectivity index (χ1) is 14.7. The summed E-state index contributed by atoms with van der Waals surface area (Å²) in [4.78, 5) is 37.1. The van der Waals surface area contributed by atoms with Crippen LogP contribution in [0.25, 0.3) is 0 Å². The molecule has 0 bridgehead atoms. The maximum Gasteiger partial charge on any atom is 0.236 e. The number of nitrogens with zero attached hydrogens (tertiary/aromatic N) is 4. The van der Waals surface area contributed by atoms with Crippen LogP contribution in [0.15, 0.2) is 30.3 Å². The predicted octanol–water partition coefficient (Wildman–Crippen LogP) is 2.20. The summed E-state index contributed by atoms with van der Waals surface area (Å²) in [6.07, 6.45) is 2.82. The van der Waals surface area contributed by atoms with Crippen molar-refractivity contribution >= 4 is 34.0 Å². The van der Waals surface area contributed by atoms with E-state index >= 15 is 0 Å². The molecule has 5 rings (SSSR count). The summed E-state index contributed by atoms with van der Waals surface area (Å²) in [6, 6.07) is 10.4. The van der Waals surface area contributed by atoms with Crippen molar-refractivity contribution in [2.24, 2.45) is 5.92 Å². The third-order valence-electron chi connectivity index (χ3n) is 6.10. The lowest BCUT2D eigenvalue weighted by molar-refractivity contribution is -0.133. The molecule has 2 aliphatic heterocycles. The topological polar surface area (TPSA) is 68.8 Å². The smallest absolute Gasteiger partial charge is 0.236 e. The van der Waals surface area contributed by atoms with Gasteiger partial charge in [-0.25, -0.2) is 4.98 Å². The van der Waals surface area contributed by atoms with Crippen LogP contribution in [0.2, 0.25) is 0 Å². The number of amides is 2. The second-order valence-corrected chi connectivity index (χ2v) is 9.40. The number of hydrogen-bond acceptors (Lipinski definition) is 6. The number of carbonyl (C=O) groups excluding carboxylic acids is 2. The van der Waals surface area contributed by atoms with Gasteiger partial charge in [-0.1, -0.05) is 18.2 Å². The van der Waals surface area contributed by atoms with E-state index in [-0.39, 0.29) is 17.7 Å². The van der Waals surface area contributed by atoms with Gasteiger partial charge in [0, 0.05) is 62.2 Å². The average Bonchev–Trinajstić information content (AvgIpc) is 3.55. The Bertz CT molecular complexity index is 919. The normalized spacial score (nSPS) is 19.5. The number of aromatic nitrogens is 1. The van der Waals surface area contributed by atoms with Crippen molar-refractivity contribution in [2.75, 3.05) is 49.5 Å². The molecule has 7 nitrogen and oxygen atoms in total. The van der Waals surface area contributed by atoms with Gasteiger partial charge in [-0.05, 0) is 25.0 Å². The molecule has 1 aliphatic carbocycles. The van der Waals surface area contributed by atoms with Gasteiger partial charge in [-0.2, -0.15) is 0 Å². The van der Waals surface area contributed by atoms with Crippen LogP contribution < -0.4 is 10.2 Å². The van der Waals surface area contributed by atoms with E-state index < -0.39 is 0 Å². The van der Waals surface area contributed by atoms with E-state index in [1.54, 1.807) is 11.3 Å². The molecule has 2 aromatic rings. The number of hydrogen-bond donors (Lipinski definition) is 1. The van der Waals surface area contributed by atoms with Gasteiger partial charge < -0.3 is 15.1 Å². The Morgan fingerprint density at radius 1 is 1.07 bits per heavy atom. The van der Waals surface area contributed by atoms with Crippen molar-refractivity contribution in [1.29, 1.82) is 0 Å². The van der Waals surface area contributed by atoms with E-state index in [9.17, 15) is 9.59 Å². The molecule has 0 unspecified atom stereocenters. The molecule has 0 radical (unpaired) electrons. The van der Waals surface area contributed by atoms with Crippen molar-refractivity contribution < 1.29 is 9.59 Å². The highest BCUT2D eigenvalue weighted by Gasteiger charge is 2.31. The monoisotopic (exact) mass is 425 g/mol. The Morgan fingerprint density at radius 2 is 1.83 bits per heavy atom. The van der Waals surface area contributed by atoms with E-state index in [2.05, 4.69) is 44.4 Å². The summed E-state index contributed by atoms with van der Waals surface area (Å²) in [5, 5.41) is 3.67. The predicted molar refractivity (Wildman–Crippen MR) is 118 cm³/mol. The number of anilines is 2. The van der Waals surface area contributed by atoms with E-state index in [0.29, 0.717) is 11.7 Å². The van der Waals surface area contributed by atoms with E-state index in [1.165, 1.54) is 10.6 Å². The third kappa shape index (κ3) is 4.34. The van der Waals surface area contributed by atoms with Crippen molar-refractivity contribution in [3.05, 3.63) is 40.9 Å². The number of fused-ring (bicyclic) bond motifs is 1. The van der Waals surface area contributed by atoms with Crippen LogP contribution in [0.4, 0.5) is 10.8 Å². The largest absolute Gasteiger partial charge is 0.368 e. The highest BCUT2D eigenvalue weighted by molar-refractivity contribution is 7.15. The minimum absolute atomic E-state index is 0.0998. The Balaban J connectivity index is 1.12. The van der Waals surface area contributed by atoms with Crippen molar-refractivity contribution in [3.8, 4) is 0 Å². The molecule has 3 aliphatic rings. The summed E-state index contributed by atoms with van der Waals surface area (Å²) in [5.41, 5.74) is 2.30. The quantitative estimate of drug-likeness (QED) is 0.795. The van der Waals surface area contributed by atoms with Crippen molar-refractivity contribution in [3.63, 3.8) is 0 Å². The van der Waals surface area contributed by atoms with Gasteiger partial charge in [0.25, 0.3) is 0 Å². The van der Waals surface area contributed by atoms with Crippen LogP contribution in [-0.4, -0.2) is 65.9 Å². The number of thiazole rings is 1. The summed E-state index contributed by atoms with van der Waals surface area (Å²) < 4.78 is 0. The van der Waals surface area contributed by atoms with Gasteiger partial charge >= 0.3 is 0 Å². The molecule has 0 spiro atoms. The van der Waals surface area contributed by atoms with Crippen LogP contribution in [-0.2, 0) is 22.6 Å². The fraction of sp³-hybridized carbons (Fsp3) is 0.500. The van der Waals surface area contributed by atoms with Gasteiger partial charge in [0.15, 0.2) is 5.13 Å². The first-order valence-corrected chi connectivity index (χ1v) is 11.6. The zero-order valence-corrected chi connectivity index (χ0v) is 17.9. The standard InChI is InChI=1S/C22H27N5O2S/c28-20(27-12-10-26(11-13-27)17-4-2-1-3-5-17)15-25-9-8-18-19(14-25)30-22(23-18)24-21(29)16-6-7-16/h1-5,16H,6-15H2,(H,23,24,29). The molecule has 1 N–H and O–H groups in total. The SMILES string of the molecule is O=C(Nc1nc2c(s1)CN(CC(=O)N1CCN(c3ccccc3)CC1)CC2)C1CC1. The summed E-state index contributed by atoms with van der Waals surface area (Å²) >= 11 is 1.56. The molecule has 8 heteroatoms. The van der Waals surface area contributed by atoms with Gasteiger partial charge in [0.05, 0.1) is 12.2 Å². The summed E-state index contributed by atoms with van der Waals surface area (Å²) in [5.74, 6) is 0.489. The zero-order chi connectivity index (χ0) is 20.5. The molecule has 3 heterocycles. The molecule has 158 valence electrons. The molecule has 1 aromatic carbocycles. The molecule has 1 aromatic heterocycles. The van der Waals surface area contributed by atoms with Gasteiger partial charge in [-0.3, -0.25) is 14.5 Å². The number of rotatable bonds is 5. The van der Waals surface area contributed by atoms with Crippen LogP contribution in [0.5, 0.6) is 0 Å². The third-order valence-corrected chi connectivity index (χ3v) is 7.10. The van der Waals surface area contributed by atoms with Gasteiger partial charge in [-0.15, -0.1) is 11.3 Å². The zero-order valence-electron chi connectivity index (χ0n) is 17.0. The molecular formula is C22H27N5O2S. The lowest BCUT2D eigenvalue weighted by Crippen LogP contribution is -2.51. The first-order valence-electron chi connectivity index (χ1n) is 10.8. The number of benzene rings is 1. The van der Waals surface area contributed by atoms with Crippen molar-refractivity contribution in [2.45, 2.75) is 25.8 Å². The Kier molecular flexibility index (Phi) is 5.43. The van der Waals surface area contributed by atoms with Crippen LogP contribution in [0.3, 0.4) is 0 Å². The fourth-order valence-electron chi connectivity index (χ4n) is 4.13. The molecule has 1 saturated heterocycles.